The molecule has 0 saturated heterocycles. The second-order valence-corrected chi connectivity index (χ2v) is 7.27. The molecule has 1 saturated carbocycles. The van der Waals surface area contributed by atoms with Gasteiger partial charge in [-0.15, -0.1) is 10.2 Å². The van der Waals surface area contributed by atoms with Gasteiger partial charge < -0.3 is 10.4 Å². The fourth-order valence-electron chi connectivity index (χ4n) is 3.37. The number of allylic oxidation sites excluding steroid dienone is 2. The molecule has 0 bridgehead atoms. The Bertz CT molecular complexity index is 607. The van der Waals surface area contributed by atoms with Crippen LogP contribution in [0.25, 0.3) is 0 Å². The Kier molecular flexibility index (Phi) is 5.05. The first-order chi connectivity index (χ1) is 11.1. The summed E-state index contributed by atoms with van der Waals surface area (Å²) in [6.45, 7) is 0. The van der Waals surface area contributed by atoms with Crippen LogP contribution in [0.15, 0.2) is 12.2 Å². The summed E-state index contributed by atoms with van der Waals surface area (Å²) in [6.07, 6.45) is 10.6. The van der Waals surface area contributed by atoms with Crippen molar-refractivity contribution in [1.29, 1.82) is 0 Å². The number of nitrogens with one attached hydrogen (secondary N) is 1. The van der Waals surface area contributed by atoms with Gasteiger partial charge in [0.1, 0.15) is 5.01 Å². The van der Waals surface area contributed by atoms with Crippen LogP contribution in [0.4, 0.5) is 5.13 Å². The molecule has 3 rings (SSSR count). The minimum atomic E-state index is -0.922. The number of carbonyl (C=O) groups is 2. The molecule has 2 N–H and O–H groups in total. The molecule has 0 aliphatic heterocycles. The van der Waals surface area contributed by atoms with E-state index in [4.69, 9.17) is 0 Å². The quantitative estimate of drug-likeness (QED) is 0.824. The third kappa shape index (κ3) is 3.77. The molecule has 23 heavy (non-hydrogen) atoms. The molecule has 1 fully saturated rings. The van der Waals surface area contributed by atoms with Crippen molar-refractivity contribution in [2.45, 2.75) is 50.9 Å². The van der Waals surface area contributed by atoms with Crippen molar-refractivity contribution >= 4 is 28.3 Å². The van der Waals surface area contributed by atoms with E-state index in [0.29, 0.717) is 23.9 Å². The zero-order valence-corrected chi connectivity index (χ0v) is 13.7. The SMILES string of the molecule is O=C(O)[C@H]1CC=CC[C@H]1C(=O)Nc1nnc(C2CCCCC2)s1. The van der Waals surface area contributed by atoms with E-state index in [1.165, 1.54) is 30.6 Å². The number of carbonyl (C=O) groups excluding carboxylic acids is 1. The van der Waals surface area contributed by atoms with Gasteiger partial charge in [0.25, 0.3) is 0 Å². The predicted molar refractivity (Wildman–Crippen MR) is 87.4 cm³/mol. The summed E-state index contributed by atoms with van der Waals surface area (Å²) in [5.74, 6) is -1.94. The highest BCUT2D eigenvalue weighted by Crippen LogP contribution is 2.35. The minimum absolute atomic E-state index is 0.270. The van der Waals surface area contributed by atoms with E-state index in [1.54, 1.807) is 0 Å². The molecule has 1 aromatic heterocycles. The molecule has 0 spiro atoms. The molecule has 2 aliphatic rings. The van der Waals surface area contributed by atoms with Gasteiger partial charge in [-0.05, 0) is 25.7 Å². The van der Waals surface area contributed by atoms with Crippen molar-refractivity contribution in [2.24, 2.45) is 11.8 Å². The minimum Gasteiger partial charge on any atom is -0.481 e. The fraction of sp³-hybridized carbons (Fsp3) is 0.625. The largest absolute Gasteiger partial charge is 0.481 e. The van der Waals surface area contributed by atoms with Crippen LogP contribution < -0.4 is 5.32 Å². The molecule has 0 unspecified atom stereocenters. The number of hydrogen-bond acceptors (Lipinski definition) is 5. The fourth-order valence-corrected chi connectivity index (χ4v) is 4.29. The van der Waals surface area contributed by atoms with Crippen LogP contribution in [0, 0.1) is 11.8 Å². The lowest BCUT2D eigenvalue weighted by Crippen LogP contribution is -2.34. The molecule has 0 aromatic carbocycles. The number of anilines is 1. The highest BCUT2D eigenvalue weighted by Gasteiger charge is 2.34. The van der Waals surface area contributed by atoms with Gasteiger partial charge in [-0.1, -0.05) is 42.8 Å². The van der Waals surface area contributed by atoms with Crippen LogP contribution in [0.1, 0.15) is 55.9 Å². The molecular formula is C16H21N3O3S. The van der Waals surface area contributed by atoms with Gasteiger partial charge in [-0.25, -0.2) is 0 Å². The molecule has 6 nitrogen and oxygen atoms in total. The summed E-state index contributed by atoms with van der Waals surface area (Å²) >= 11 is 1.42. The van der Waals surface area contributed by atoms with Crippen LogP contribution in [-0.4, -0.2) is 27.2 Å². The molecule has 2 aliphatic carbocycles. The highest BCUT2D eigenvalue weighted by atomic mass is 32.1. The zero-order chi connectivity index (χ0) is 16.2. The number of aliphatic carboxylic acids is 1. The second kappa shape index (κ2) is 7.21. The maximum absolute atomic E-state index is 12.4. The monoisotopic (exact) mass is 335 g/mol. The van der Waals surface area contributed by atoms with Crippen molar-refractivity contribution in [1.82, 2.24) is 10.2 Å². The molecule has 0 radical (unpaired) electrons. The van der Waals surface area contributed by atoms with Gasteiger partial charge in [0.05, 0.1) is 11.8 Å². The van der Waals surface area contributed by atoms with Crippen molar-refractivity contribution in [2.75, 3.05) is 5.32 Å². The van der Waals surface area contributed by atoms with E-state index < -0.39 is 17.8 Å². The Balaban J connectivity index is 1.64. The zero-order valence-electron chi connectivity index (χ0n) is 12.9. The van der Waals surface area contributed by atoms with E-state index in [9.17, 15) is 14.7 Å². The Hall–Kier alpha value is -1.76. The first-order valence-electron chi connectivity index (χ1n) is 8.17. The summed E-state index contributed by atoms with van der Waals surface area (Å²) in [4.78, 5) is 23.7. The molecular weight excluding hydrogens is 314 g/mol. The van der Waals surface area contributed by atoms with Gasteiger partial charge >= 0.3 is 5.97 Å². The first kappa shape index (κ1) is 16.1. The maximum atomic E-state index is 12.4. The Morgan fingerprint density at radius 2 is 1.78 bits per heavy atom. The number of hydrogen-bond donors (Lipinski definition) is 2. The Labute approximate surface area is 139 Å². The normalized spacial score (nSPS) is 25.2. The van der Waals surface area contributed by atoms with Crippen molar-refractivity contribution in [3.05, 3.63) is 17.2 Å². The highest BCUT2D eigenvalue weighted by molar-refractivity contribution is 7.15. The molecule has 1 aromatic rings. The predicted octanol–water partition coefficient (Wildman–Crippen LogP) is 3.19. The topological polar surface area (TPSA) is 92.2 Å². The third-order valence-corrected chi connectivity index (χ3v) is 5.71. The van der Waals surface area contributed by atoms with Crippen LogP contribution >= 0.6 is 11.3 Å². The summed E-state index contributed by atoms with van der Waals surface area (Å²) in [7, 11) is 0. The summed E-state index contributed by atoms with van der Waals surface area (Å²) in [5, 5.41) is 21.8. The average Bonchev–Trinajstić information content (AvgIpc) is 3.04. The van der Waals surface area contributed by atoms with Crippen LogP contribution in [0.5, 0.6) is 0 Å². The number of amides is 1. The van der Waals surface area contributed by atoms with Gasteiger partial charge in [-0.2, -0.15) is 0 Å². The summed E-state index contributed by atoms with van der Waals surface area (Å²) < 4.78 is 0. The summed E-state index contributed by atoms with van der Waals surface area (Å²) in [6, 6.07) is 0. The lowest BCUT2D eigenvalue weighted by molar-refractivity contribution is -0.146. The average molecular weight is 335 g/mol. The van der Waals surface area contributed by atoms with E-state index >= 15 is 0 Å². The van der Waals surface area contributed by atoms with Gasteiger partial charge in [0.2, 0.25) is 11.0 Å². The molecule has 1 heterocycles. The number of carboxylic acids is 1. The molecule has 124 valence electrons. The number of rotatable bonds is 4. The van der Waals surface area contributed by atoms with Crippen molar-refractivity contribution < 1.29 is 14.7 Å². The van der Waals surface area contributed by atoms with Crippen LogP contribution in [0.2, 0.25) is 0 Å². The molecule has 7 heteroatoms. The van der Waals surface area contributed by atoms with Crippen molar-refractivity contribution in [3.63, 3.8) is 0 Å². The van der Waals surface area contributed by atoms with Crippen LogP contribution in [-0.2, 0) is 9.59 Å². The van der Waals surface area contributed by atoms with Crippen LogP contribution in [0.3, 0.4) is 0 Å². The standard InChI is InChI=1S/C16H21N3O3S/c20-13(11-8-4-5-9-12(11)15(21)22)17-16-19-18-14(23-16)10-6-2-1-3-7-10/h4-5,10-12H,1-3,6-9H2,(H,21,22)(H,17,19,20)/t11-,12+/m1/s1. The Morgan fingerprint density at radius 1 is 1.09 bits per heavy atom. The number of aromatic nitrogens is 2. The third-order valence-electron chi connectivity index (χ3n) is 4.71. The van der Waals surface area contributed by atoms with Gasteiger partial charge in [-0.3, -0.25) is 9.59 Å². The lowest BCUT2D eigenvalue weighted by atomic mass is 9.82. The van der Waals surface area contributed by atoms with E-state index in [1.807, 2.05) is 12.2 Å². The summed E-state index contributed by atoms with van der Waals surface area (Å²) in [5.41, 5.74) is 0. The molecule has 1 amide bonds. The number of nitrogens with zero attached hydrogens (tertiary/aromatic N) is 2. The van der Waals surface area contributed by atoms with Gasteiger partial charge in [0, 0.05) is 5.92 Å². The van der Waals surface area contributed by atoms with Crippen molar-refractivity contribution in [3.8, 4) is 0 Å². The Morgan fingerprint density at radius 3 is 2.48 bits per heavy atom. The first-order valence-corrected chi connectivity index (χ1v) is 8.99. The van der Waals surface area contributed by atoms with E-state index in [2.05, 4.69) is 15.5 Å². The second-order valence-electron chi connectivity index (χ2n) is 6.26. The van der Waals surface area contributed by atoms with E-state index in [0.717, 1.165) is 17.8 Å². The smallest absolute Gasteiger partial charge is 0.307 e. The number of carboxylic acid groups (broad SMARTS) is 1. The molecule has 2 atom stereocenters. The van der Waals surface area contributed by atoms with E-state index in [-0.39, 0.29) is 5.91 Å². The lowest BCUT2D eigenvalue weighted by Gasteiger charge is -2.23. The van der Waals surface area contributed by atoms with Gasteiger partial charge in [0.15, 0.2) is 0 Å². The maximum Gasteiger partial charge on any atom is 0.307 e.